The number of hydrogen-bond acceptors (Lipinski definition) is 3. The average molecular weight is 305 g/mol. The lowest BCUT2D eigenvalue weighted by atomic mass is 10.2. The van der Waals surface area contributed by atoms with E-state index in [2.05, 4.69) is 4.72 Å². The second-order valence-electron chi connectivity index (χ2n) is 4.21. The zero-order chi connectivity index (χ0) is 14.0. The number of carboxylic acid groups (broad SMARTS) is 1. The van der Waals surface area contributed by atoms with Gasteiger partial charge in [0.15, 0.2) is 0 Å². The van der Waals surface area contributed by atoms with E-state index in [1.807, 2.05) is 0 Å². The molecule has 2 N–H and O–H groups in total. The van der Waals surface area contributed by atoms with Gasteiger partial charge in [0, 0.05) is 18.1 Å². The molecule has 1 heterocycles. The standard InChI is InChI=1S/C11H13ClN2O4S/c12-8-3-4-10(9(7-8)11(15)16)13-19(17,18)14-5-1-2-6-14/h3-4,7,13H,1-2,5-6H2,(H,15,16). The van der Waals surface area contributed by atoms with Crippen molar-refractivity contribution in [2.45, 2.75) is 12.8 Å². The van der Waals surface area contributed by atoms with Gasteiger partial charge in [-0.15, -0.1) is 0 Å². The summed E-state index contributed by atoms with van der Waals surface area (Å²) in [6.45, 7) is 0.899. The van der Waals surface area contributed by atoms with Gasteiger partial charge in [0.25, 0.3) is 0 Å². The number of benzene rings is 1. The largest absolute Gasteiger partial charge is 0.478 e. The van der Waals surface area contributed by atoms with Gasteiger partial charge in [-0.3, -0.25) is 4.72 Å². The molecule has 104 valence electrons. The zero-order valence-electron chi connectivity index (χ0n) is 9.97. The van der Waals surface area contributed by atoms with Crippen LogP contribution >= 0.6 is 11.6 Å². The van der Waals surface area contributed by atoms with Gasteiger partial charge >= 0.3 is 16.2 Å². The molecule has 1 fully saturated rings. The van der Waals surface area contributed by atoms with Crippen LogP contribution in [0.2, 0.25) is 5.02 Å². The average Bonchev–Trinajstić information content (AvgIpc) is 2.85. The molecule has 0 amide bonds. The Morgan fingerprint density at radius 1 is 1.32 bits per heavy atom. The van der Waals surface area contributed by atoms with E-state index in [9.17, 15) is 13.2 Å². The monoisotopic (exact) mass is 304 g/mol. The third-order valence-electron chi connectivity index (χ3n) is 2.86. The molecule has 0 aliphatic carbocycles. The highest BCUT2D eigenvalue weighted by molar-refractivity contribution is 7.90. The Morgan fingerprint density at radius 3 is 2.53 bits per heavy atom. The molecule has 0 unspecified atom stereocenters. The maximum absolute atomic E-state index is 12.1. The first-order valence-electron chi connectivity index (χ1n) is 5.71. The molecular formula is C11H13ClN2O4S. The van der Waals surface area contributed by atoms with E-state index < -0.39 is 16.2 Å². The minimum Gasteiger partial charge on any atom is -0.478 e. The molecule has 1 saturated heterocycles. The van der Waals surface area contributed by atoms with Crippen molar-refractivity contribution in [1.29, 1.82) is 0 Å². The fourth-order valence-electron chi connectivity index (χ4n) is 1.91. The van der Waals surface area contributed by atoms with Crippen molar-refractivity contribution in [3.8, 4) is 0 Å². The summed E-state index contributed by atoms with van der Waals surface area (Å²) in [6.07, 6.45) is 1.63. The number of nitrogens with zero attached hydrogens (tertiary/aromatic N) is 1. The van der Waals surface area contributed by atoms with Crippen molar-refractivity contribution < 1.29 is 18.3 Å². The number of hydrogen-bond donors (Lipinski definition) is 2. The lowest BCUT2D eigenvalue weighted by Gasteiger charge is -2.17. The molecule has 1 aromatic rings. The molecular weight excluding hydrogens is 292 g/mol. The maximum Gasteiger partial charge on any atom is 0.337 e. The van der Waals surface area contributed by atoms with Crippen molar-refractivity contribution in [2.24, 2.45) is 0 Å². The Hall–Kier alpha value is -1.31. The van der Waals surface area contributed by atoms with Gasteiger partial charge in [-0.25, -0.2) is 4.79 Å². The fraction of sp³-hybridized carbons (Fsp3) is 0.364. The van der Waals surface area contributed by atoms with E-state index >= 15 is 0 Å². The second kappa shape index (κ2) is 5.36. The Kier molecular flexibility index (Phi) is 3.98. The van der Waals surface area contributed by atoms with Crippen LogP contribution in [-0.2, 0) is 10.2 Å². The third-order valence-corrected chi connectivity index (χ3v) is 4.61. The molecule has 0 bridgehead atoms. The van der Waals surface area contributed by atoms with Gasteiger partial charge in [0.1, 0.15) is 0 Å². The summed E-state index contributed by atoms with van der Waals surface area (Å²) in [7, 11) is -3.71. The van der Waals surface area contributed by atoms with Crippen LogP contribution in [0.3, 0.4) is 0 Å². The number of nitrogens with one attached hydrogen (secondary N) is 1. The highest BCUT2D eigenvalue weighted by Gasteiger charge is 2.26. The first-order chi connectivity index (χ1) is 8.90. The van der Waals surface area contributed by atoms with Gasteiger partial charge < -0.3 is 5.11 Å². The second-order valence-corrected chi connectivity index (χ2v) is 6.32. The summed E-state index contributed by atoms with van der Waals surface area (Å²) < 4.78 is 27.7. The van der Waals surface area contributed by atoms with Gasteiger partial charge in [-0.2, -0.15) is 12.7 Å². The van der Waals surface area contributed by atoms with E-state index in [4.69, 9.17) is 16.7 Å². The molecule has 0 spiro atoms. The summed E-state index contributed by atoms with van der Waals surface area (Å²) in [5.41, 5.74) is -0.154. The van der Waals surface area contributed by atoms with E-state index in [0.29, 0.717) is 13.1 Å². The smallest absolute Gasteiger partial charge is 0.337 e. The minimum absolute atomic E-state index is 0.0174. The van der Waals surface area contributed by atoms with Crippen molar-refractivity contribution >= 4 is 33.5 Å². The van der Waals surface area contributed by atoms with E-state index in [1.54, 1.807) is 0 Å². The van der Waals surface area contributed by atoms with Crippen LogP contribution in [0.5, 0.6) is 0 Å². The Bertz CT molecular complexity index is 597. The van der Waals surface area contributed by atoms with E-state index in [1.165, 1.54) is 22.5 Å². The molecule has 2 rings (SSSR count). The van der Waals surface area contributed by atoms with Gasteiger partial charge in [0.05, 0.1) is 11.3 Å². The Balaban J connectivity index is 2.30. The number of aromatic carboxylic acids is 1. The normalized spacial score (nSPS) is 16.5. The molecule has 19 heavy (non-hydrogen) atoms. The van der Waals surface area contributed by atoms with Crippen LogP contribution in [0, 0.1) is 0 Å². The minimum atomic E-state index is -3.71. The summed E-state index contributed by atoms with van der Waals surface area (Å²) >= 11 is 5.71. The summed E-state index contributed by atoms with van der Waals surface area (Å²) in [6, 6.07) is 4.00. The molecule has 0 atom stereocenters. The van der Waals surface area contributed by atoms with E-state index in [0.717, 1.165) is 12.8 Å². The number of anilines is 1. The fourth-order valence-corrected chi connectivity index (χ4v) is 3.41. The Labute approximate surface area is 116 Å². The van der Waals surface area contributed by atoms with Crippen LogP contribution in [0.1, 0.15) is 23.2 Å². The van der Waals surface area contributed by atoms with Crippen molar-refractivity contribution in [3.05, 3.63) is 28.8 Å². The summed E-state index contributed by atoms with van der Waals surface area (Å²) in [5, 5.41) is 9.28. The molecule has 1 aliphatic rings. The first-order valence-corrected chi connectivity index (χ1v) is 7.53. The predicted octanol–water partition coefficient (Wildman–Crippen LogP) is 1.79. The molecule has 1 aliphatic heterocycles. The van der Waals surface area contributed by atoms with Crippen molar-refractivity contribution in [2.75, 3.05) is 17.8 Å². The quantitative estimate of drug-likeness (QED) is 0.888. The number of carbonyl (C=O) groups is 1. The van der Waals surface area contributed by atoms with E-state index in [-0.39, 0.29) is 16.3 Å². The maximum atomic E-state index is 12.1. The lowest BCUT2D eigenvalue weighted by molar-refractivity contribution is 0.0698. The number of halogens is 1. The third kappa shape index (κ3) is 3.17. The van der Waals surface area contributed by atoms with Crippen molar-refractivity contribution in [3.63, 3.8) is 0 Å². The first kappa shape index (κ1) is 14.1. The zero-order valence-corrected chi connectivity index (χ0v) is 11.5. The molecule has 6 nitrogen and oxygen atoms in total. The Morgan fingerprint density at radius 2 is 1.95 bits per heavy atom. The summed E-state index contributed by atoms with van der Waals surface area (Å²) in [5.74, 6) is -1.23. The van der Waals surface area contributed by atoms with Crippen molar-refractivity contribution in [1.82, 2.24) is 4.31 Å². The molecule has 0 radical (unpaired) electrons. The predicted molar refractivity (Wildman–Crippen MR) is 71.8 cm³/mol. The molecule has 0 aromatic heterocycles. The highest BCUT2D eigenvalue weighted by Crippen LogP contribution is 2.23. The van der Waals surface area contributed by atoms with Crippen LogP contribution in [0.25, 0.3) is 0 Å². The summed E-state index contributed by atoms with van der Waals surface area (Å²) in [4.78, 5) is 11.1. The SMILES string of the molecule is O=C(O)c1cc(Cl)ccc1NS(=O)(=O)N1CCCC1. The van der Waals surface area contributed by atoms with Crippen LogP contribution < -0.4 is 4.72 Å². The molecule has 1 aromatic carbocycles. The van der Waals surface area contributed by atoms with Crippen LogP contribution in [0.4, 0.5) is 5.69 Å². The molecule has 8 heteroatoms. The topological polar surface area (TPSA) is 86.7 Å². The molecule has 0 saturated carbocycles. The lowest BCUT2D eigenvalue weighted by Crippen LogP contribution is -2.33. The number of carboxylic acids is 1. The highest BCUT2D eigenvalue weighted by atomic mass is 35.5. The van der Waals surface area contributed by atoms with Gasteiger partial charge in [-0.1, -0.05) is 11.6 Å². The van der Waals surface area contributed by atoms with Crippen LogP contribution in [-0.4, -0.2) is 36.9 Å². The van der Waals surface area contributed by atoms with Gasteiger partial charge in [0.2, 0.25) is 0 Å². The number of rotatable bonds is 4. The van der Waals surface area contributed by atoms with Gasteiger partial charge in [-0.05, 0) is 31.0 Å². The van der Waals surface area contributed by atoms with Crippen LogP contribution in [0.15, 0.2) is 18.2 Å².